The molecule has 1 N–H and O–H groups in total. The zero-order chi connectivity index (χ0) is 18.8. The van der Waals surface area contributed by atoms with E-state index in [4.69, 9.17) is 5.10 Å². The lowest BCUT2D eigenvalue weighted by Crippen LogP contribution is -2.13. The van der Waals surface area contributed by atoms with Crippen LogP contribution in [0.25, 0.3) is 33.4 Å². The van der Waals surface area contributed by atoms with Crippen LogP contribution < -0.4 is 0 Å². The SMILES string of the molecule is Cc1cc(-c2c(-c3ccc(F)cc3)nn3c2CC(C)(C)C3)c2cn[nH]c2n1. The molecule has 0 aliphatic carbocycles. The zero-order valence-corrected chi connectivity index (χ0v) is 15.5. The predicted molar refractivity (Wildman–Crippen MR) is 103 cm³/mol. The highest BCUT2D eigenvalue weighted by Crippen LogP contribution is 2.44. The van der Waals surface area contributed by atoms with Gasteiger partial charge in [0.25, 0.3) is 0 Å². The largest absolute Gasteiger partial charge is 0.268 e. The van der Waals surface area contributed by atoms with Gasteiger partial charge < -0.3 is 0 Å². The van der Waals surface area contributed by atoms with Gasteiger partial charge in [0, 0.05) is 40.0 Å². The molecule has 0 fully saturated rings. The van der Waals surface area contributed by atoms with Gasteiger partial charge in [-0.1, -0.05) is 13.8 Å². The minimum atomic E-state index is -0.245. The first-order valence-electron chi connectivity index (χ1n) is 9.08. The van der Waals surface area contributed by atoms with Gasteiger partial charge in [-0.25, -0.2) is 9.37 Å². The Labute approximate surface area is 156 Å². The second kappa shape index (κ2) is 5.49. The van der Waals surface area contributed by atoms with Gasteiger partial charge in [0.15, 0.2) is 5.65 Å². The molecule has 136 valence electrons. The number of aromatic amines is 1. The molecule has 0 saturated carbocycles. The summed E-state index contributed by atoms with van der Waals surface area (Å²) >= 11 is 0. The van der Waals surface area contributed by atoms with E-state index in [0.717, 1.165) is 52.1 Å². The third kappa shape index (κ3) is 2.55. The standard InChI is InChI=1S/C21H20FN5/c1-12-8-15(16-10-23-25-20(16)24-12)18-17-9-21(2,3)11-27(17)26-19(18)13-4-6-14(22)7-5-13/h4-8,10H,9,11H2,1-3H3,(H,23,24,25). The van der Waals surface area contributed by atoms with Crippen LogP contribution >= 0.6 is 0 Å². The molecule has 6 heteroatoms. The Bertz CT molecular complexity index is 1170. The molecule has 0 bridgehead atoms. The number of hydrogen-bond acceptors (Lipinski definition) is 3. The molecule has 3 aromatic heterocycles. The van der Waals surface area contributed by atoms with Gasteiger partial charge in [-0.05, 0) is 49.1 Å². The van der Waals surface area contributed by atoms with Crippen LogP contribution in [0.15, 0.2) is 36.5 Å². The van der Waals surface area contributed by atoms with Crippen LogP contribution in [-0.4, -0.2) is 25.0 Å². The van der Waals surface area contributed by atoms with Crippen molar-refractivity contribution in [3.05, 3.63) is 53.7 Å². The third-order valence-corrected chi connectivity index (χ3v) is 5.22. The van der Waals surface area contributed by atoms with Gasteiger partial charge in [0.2, 0.25) is 0 Å². The molecule has 1 aromatic carbocycles. The molecule has 5 nitrogen and oxygen atoms in total. The predicted octanol–water partition coefficient (Wildman–Crippen LogP) is 4.52. The number of nitrogens with zero attached hydrogens (tertiary/aromatic N) is 4. The first kappa shape index (κ1) is 16.2. The van der Waals surface area contributed by atoms with E-state index in [2.05, 4.69) is 39.8 Å². The zero-order valence-electron chi connectivity index (χ0n) is 15.5. The van der Waals surface area contributed by atoms with Gasteiger partial charge in [-0.3, -0.25) is 9.78 Å². The topological polar surface area (TPSA) is 59.4 Å². The molecule has 0 spiro atoms. The third-order valence-electron chi connectivity index (χ3n) is 5.22. The summed E-state index contributed by atoms with van der Waals surface area (Å²) in [5.74, 6) is -0.245. The number of aromatic nitrogens is 5. The quantitative estimate of drug-likeness (QED) is 0.571. The highest BCUT2D eigenvalue weighted by Gasteiger charge is 2.34. The summed E-state index contributed by atoms with van der Waals surface area (Å²) in [6.07, 6.45) is 2.76. The number of nitrogens with one attached hydrogen (secondary N) is 1. The molecule has 27 heavy (non-hydrogen) atoms. The number of aryl methyl sites for hydroxylation is 1. The lowest BCUT2D eigenvalue weighted by atomic mass is 9.88. The van der Waals surface area contributed by atoms with E-state index in [1.54, 1.807) is 12.1 Å². The maximum absolute atomic E-state index is 13.5. The van der Waals surface area contributed by atoms with Crippen LogP contribution in [-0.2, 0) is 13.0 Å². The molecule has 1 aliphatic heterocycles. The molecular weight excluding hydrogens is 341 g/mol. The van der Waals surface area contributed by atoms with Crippen LogP contribution in [0.2, 0.25) is 0 Å². The van der Waals surface area contributed by atoms with Gasteiger partial charge in [0.1, 0.15) is 11.5 Å². The van der Waals surface area contributed by atoms with Gasteiger partial charge in [-0.2, -0.15) is 10.2 Å². The monoisotopic (exact) mass is 361 g/mol. The fraction of sp³-hybridized carbons (Fsp3) is 0.286. The molecule has 5 rings (SSSR count). The normalized spacial score (nSPS) is 15.4. The van der Waals surface area contributed by atoms with E-state index in [1.807, 2.05) is 13.1 Å². The Hall–Kier alpha value is -3.02. The number of rotatable bonds is 2. The summed E-state index contributed by atoms with van der Waals surface area (Å²) in [5.41, 5.74) is 7.04. The Morgan fingerprint density at radius 3 is 2.74 bits per heavy atom. The second-order valence-electron chi connectivity index (χ2n) is 8.12. The maximum Gasteiger partial charge on any atom is 0.155 e. The number of benzene rings is 1. The molecule has 1 aliphatic rings. The summed E-state index contributed by atoms with van der Waals surface area (Å²) in [6.45, 7) is 7.37. The molecule has 4 aromatic rings. The summed E-state index contributed by atoms with van der Waals surface area (Å²) in [7, 11) is 0. The Morgan fingerprint density at radius 1 is 1.19 bits per heavy atom. The van der Waals surface area contributed by atoms with Crippen LogP contribution in [0.5, 0.6) is 0 Å². The Morgan fingerprint density at radius 2 is 1.96 bits per heavy atom. The van der Waals surface area contributed by atoms with E-state index in [1.165, 1.54) is 17.8 Å². The van der Waals surface area contributed by atoms with E-state index in [9.17, 15) is 4.39 Å². The van der Waals surface area contributed by atoms with E-state index < -0.39 is 0 Å². The van der Waals surface area contributed by atoms with Crippen molar-refractivity contribution in [1.29, 1.82) is 0 Å². The first-order valence-corrected chi connectivity index (χ1v) is 9.08. The fourth-order valence-electron chi connectivity index (χ4n) is 4.08. The lowest BCUT2D eigenvalue weighted by molar-refractivity contribution is 0.347. The highest BCUT2D eigenvalue weighted by atomic mass is 19.1. The number of pyridine rings is 1. The minimum Gasteiger partial charge on any atom is -0.268 e. The summed E-state index contributed by atoms with van der Waals surface area (Å²) in [4.78, 5) is 4.55. The van der Waals surface area contributed by atoms with Crippen molar-refractivity contribution in [1.82, 2.24) is 25.0 Å². The Balaban J connectivity index is 1.82. The van der Waals surface area contributed by atoms with Crippen molar-refractivity contribution in [3.8, 4) is 22.4 Å². The summed E-state index contributed by atoms with van der Waals surface area (Å²) in [6, 6.07) is 8.65. The summed E-state index contributed by atoms with van der Waals surface area (Å²) < 4.78 is 15.6. The molecule has 0 amide bonds. The molecular formula is C21H20FN5. The van der Waals surface area contributed by atoms with E-state index >= 15 is 0 Å². The average molecular weight is 361 g/mol. The van der Waals surface area contributed by atoms with Crippen molar-refractivity contribution in [2.24, 2.45) is 5.41 Å². The smallest absolute Gasteiger partial charge is 0.155 e. The molecule has 0 atom stereocenters. The van der Waals surface area contributed by atoms with E-state index in [0.29, 0.717) is 0 Å². The number of halogens is 1. The first-order chi connectivity index (χ1) is 12.9. The van der Waals surface area contributed by atoms with Crippen molar-refractivity contribution in [3.63, 3.8) is 0 Å². The molecule has 4 heterocycles. The van der Waals surface area contributed by atoms with Crippen molar-refractivity contribution >= 4 is 11.0 Å². The number of fused-ring (bicyclic) bond motifs is 2. The van der Waals surface area contributed by atoms with Crippen LogP contribution in [0.1, 0.15) is 25.2 Å². The molecule has 0 unspecified atom stereocenters. The second-order valence-corrected chi connectivity index (χ2v) is 8.12. The van der Waals surface area contributed by atoms with Gasteiger partial charge in [-0.15, -0.1) is 0 Å². The van der Waals surface area contributed by atoms with Gasteiger partial charge in [0.05, 0.1) is 6.20 Å². The van der Waals surface area contributed by atoms with Crippen LogP contribution in [0.3, 0.4) is 0 Å². The fourth-order valence-corrected chi connectivity index (χ4v) is 4.08. The lowest BCUT2D eigenvalue weighted by Gasteiger charge is -2.16. The van der Waals surface area contributed by atoms with Crippen LogP contribution in [0.4, 0.5) is 4.39 Å². The van der Waals surface area contributed by atoms with Crippen molar-refractivity contribution in [2.75, 3.05) is 0 Å². The van der Waals surface area contributed by atoms with Crippen LogP contribution in [0, 0.1) is 18.2 Å². The van der Waals surface area contributed by atoms with Crippen molar-refractivity contribution < 1.29 is 4.39 Å². The van der Waals surface area contributed by atoms with E-state index in [-0.39, 0.29) is 11.2 Å². The number of H-pyrrole nitrogens is 1. The number of hydrogen-bond donors (Lipinski definition) is 1. The van der Waals surface area contributed by atoms with Crippen molar-refractivity contribution in [2.45, 2.75) is 33.7 Å². The highest BCUT2D eigenvalue weighted by molar-refractivity contribution is 5.97. The maximum atomic E-state index is 13.5. The van der Waals surface area contributed by atoms with Gasteiger partial charge >= 0.3 is 0 Å². The molecule has 0 saturated heterocycles. The Kier molecular flexibility index (Phi) is 3.29. The summed E-state index contributed by atoms with van der Waals surface area (Å²) in [5, 5.41) is 13.1. The molecule has 0 radical (unpaired) electrons. The minimum absolute atomic E-state index is 0.163. The average Bonchev–Trinajstić information content (AvgIpc) is 3.26.